The maximum Gasteiger partial charge on any atom is 0.193 e. The van der Waals surface area contributed by atoms with E-state index in [4.69, 9.17) is 9.15 Å². The third-order valence-corrected chi connectivity index (χ3v) is 5.81. The molecule has 0 amide bonds. The number of furan rings is 1. The Kier molecular flexibility index (Phi) is 9.76. The van der Waals surface area contributed by atoms with Gasteiger partial charge in [-0.3, -0.25) is 9.89 Å². The van der Waals surface area contributed by atoms with E-state index in [0.717, 1.165) is 63.3 Å². The number of rotatable bonds is 7. The first kappa shape index (κ1) is 23.2. The van der Waals surface area contributed by atoms with Crippen LogP contribution in [0, 0.1) is 6.92 Å². The minimum atomic E-state index is 0. The fourth-order valence-corrected chi connectivity index (χ4v) is 4.04. The van der Waals surface area contributed by atoms with Crippen LogP contribution >= 0.6 is 35.3 Å². The van der Waals surface area contributed by atoms with Crippen molar-refractivity contribution >= 4 is 41.3 Å². The molecule has 6 nitrogen and oxygen atoms in total. The van der Waals surface area contributed by atoms with Gasteiger partial charge in [-0.05, 0) is 36.9 Å². The number of likely N-dealkylation sites (N-methyl/N-ethyl adjacent to an activating group) is 1. The first-order valence-corrected chi connectivity index (χ1v) is 10.4. The van der Waals surface area contributed by atoms with Crippen LogP contribution in [0.3, 0.4) is 0 Å². The second-order valence-corrected chi connectivity index (χ2v) is 7.82. The van der Waals surface area contributed by atoms with E-state index in [1.165, 1.54) is 4.88 Å². The lowest BCUT2D eigenvalue weighted by molar-refractivity contribution is 0.0123. The summed E-state index contributed by atoms with van der Waals surface area (Å²) < 4.78 is 11.5. The number of guanidine groups is 1. The van der Waals surface area contributed by atoms with Crippen molar-refractivity contribution in [2.45, 2.75) is 19.4 Å². The van der Waals surface area contributed by atoms with Gasteiger partial charge in [0, 0.05) is 45.2 Å². The monoisotopic (exact) mass is 518 g/mol. The van der Waals surface area contributed by atoms with E-state index in [9.17, 15) is 0 Å². The summed E-state index contributed by atoms with van der Waals surface area (Å²) in [5.74, 6) is 2.85. The number of nitrogens with zero attached hydrogens (tertiary/aromatic N) is 3. The van der Waals surface area contributed by atoms with Crippen molar-refractivity contribution in [3.63, 3.8) is 0 Å². The largest absolute Gasteiger partial charge is 0.465 e. The van der Waals surface area contributed by atoms with E-state index < -0.39 is 0 Å². The second-order valence-electron chi connectivity index (χ2n) is 6.79. The summed E-state index contributed by atoms with van der Waals surface area (Å²) in [7, 11) is 3.93. The molecule has 1 saturated heterocycles. The lowest BCUT2D eigenvalue weighted by Gasteiger charge is -2.34. The topological polar surface area (TPSA) is 53.2 Å². The molecule has 1 fully saturated rings. The van der Waals surface area contributed by atoms with Gasteiger partial charge in [-0.2, -0.15) is 0 Å². The van der Waals surface area contributed by atoms with Crippen molar-refractivity contribution in [2.75, 3.05) is 53.5 Å². The Morgan fingerprint density at radius 2 is 2.11 bits per heavy atom. The fraction of sp³-hybridized carbons (Fsp3) is 0.550. The summed E-state index contributed by atoms with van der Waals surface area (Å²) in [5, 5.41) is 5.67. The van der Waals surface area contributed by atoms with Crippen LogP contribution < -0.4 is 5.32 Å². The molecule has 0 radical (unpaired) electrons. The molecule has 1 N–H and O–H groups in total. The van der Waals surface area contributed by atoms with Gasteiger partial charge in [0.05, 0.1) is 19.3 Å². The predicted octanol–water partition coefficient (Wildman–Crippen LogP) is 3.39. The maximum absolute atomic E-state index is 5.95. The van der Waals surface area contributed by atoms with Gasteiger partial charge in [0.25, 0.3) is 0 Å². The smallest absolute Gasteiger partial charge is 0.193 e. The van der Waals surface area contributed by atoms with Crippen LogP contribution in [0.15, 0.2) is 39.1 Å². The number of aryl methyl sites for hydroxylation is 1. The molecule has 0 spiro atoms. The fourth-order valence-electron chi connectivity index (χ4n) is 3.34. The van der Waals surface area contributed by atoms with Gasteiger partial charge < -0.3 is 19.4 Å². The van der Waals surface area contributed by atoms with Gasteiger partial charge in [-0.25, -0.2) is 0 Å². The number of ether oxygens (including phenoxy) is 1. The van der Waals surface area contributed by atoms with Crippen LogP contribution in [0.25, 0.3) is 0 Å². The Balaban J connectivity index is 0.00000280. The third kappa shape index (κ3) is 6.47. The van der Waals surface area contributed by atoms with Gasteiger partial charge in [-0.15, -0.1) is 35.3 Å². The molecule has 0 aromatic carbocycles. The Labute approximate surface area is 189 Å². The average molecular weight is 518 g/mol. The molecule has 1 unspecified atom stereocenters. The third-order valence-electron chi connectivity index (χ3n) is 4.88. The van der Waals surface area contributed by atoms with Crippen LogP contribution in [0.1, 0.15) is 22.4 Å². The molecule has 0 aliphatic carbocycles. The summed E-state index contributed by atoms with van der Waals surface area (Å²) in [6.07, 6.45) is 1.03. The highest BCUT2D eigenvalue weighted by Crippen LogP contribution is 2.23. The minimum absolute atomic E-state index is 0. The zero-order chi connectivity index (χ0) is 19.1. The Morgan fingerprint density at radius 3 is 2.71 bits per heavy atom. The molecule has 8 heteroatoms. The Hall–Kier alpha value is -1.10. The molecule has 1 atom stereocenters. The second kappa shape index (κ2) is 11.8. The van der Waals surface area contributed by atoms with E-state index in [1.54, 1.807) is 11.3 Å². The molecule has 2 aromatic rings. The first-order chi connectivity index (χ1) is 13.2. The van der Waals surface area contributed by atoms with Crippen LogP contribution in [0.4, 0.5) is 0 Å². The summed E-state index contributed by atoms with van der Waals surface area (Å²) in [5.41, 5.74) is 0. The summed E-state index contributed by atoms with van der Waals surface area (Å²) in [6.45, 7) is 7.05. The summed E-state index contributed by atoms with van der Waals surface area (Å²) in [4.78, 5) is 10.5. The zero-order valence-corrected chi connectivity index (χ0v) is 20.0. The van der Waals surface area contributed by atoms with Gasteiger partial charge >= 0.3 is 0 Å². The number of aliphatic imine (C=N–C) groups is 1. The molecule has 156 valence electrons. The zero-order valence-electron chi connectivity index (χ0n) is 16.9. The highest BCUT2D eigenvalue weighted by molar-refractivity contribution is 14.0. The number of hydrogen-bond acceptors (Lipinski definition) is 5. The number of nitrogens with one attached hydrogen (secondary N) is 1. The highest BCUT2D eigenvalue weighted by atomic mass is 127. The van der Waals surface area contributed by atoms with Crippen molar-refractivity contribution in [3.8, 4) is 0 Å². The molecule has 3 rings (SSSR count). The van der Waals surface area contributed by atoms with E-state index in [1.807, 2.05) is 20.0 Å². The minimum Gasteiger partial charge on any atom is -0.465 e. The summed E-state index contributed by atoms with van der Waals surface area (Å²) in [6, 6.07) is 8.57. The van der Waals surface area contributed by atoms with Crippen LogP contribution in [0.5, 0.6) is 0 Å². The van der Waals surface area contributed by atoms with E-state index in [2.05, 4.69) is 50.7 Å². The van der Waals surface area contributed by atoms with Gasteiger partial charge in [-0.1, -0.05) is 6.07 Å². The van der Waals surface area contributed by atoms with Crippen LogP contribution in [0.2, 0.25) is 0 Å². The molecule has 0 bridgehead atoms. The predicted molar refractivity (Wildman–Crippen MR) is 126 cm³/mol. The lowest BCUT2D eigenvalue weighted by Crippen LogP contribution is -2.47. The van der Waals surface area contributed by atoms with E-state index in [0.29, 0.717) is 0 Å². The van der Waals surface area contributed by atoms with Crippen molar-refractivity contribution in [1.82, 2.24) is 15.1 Å². The molecule has 3 heterocycles. The molecule has 1 aliphatic heterocycles. The van der Waals surface area contributed by atoms with Crippen molar-refractivity contribution in [2.24, 2.45) is 4.99 Å². The van der Waals surface area contributed by atoms with Gasteiger partial charge in [0.2, 0.25) is 0 Å². The quantitative estimate of drug-likeness (QED) is 0.346. The average Bonchev–Trinajstić information content (AvgIpc) is 3.36. The van der Waals surface area contributed by atoms with E-state index in [-0.39, 0.29) is 30.0 Å². The van der Waals surface area contributed by atoms with Gasteiger partial charge in [0.15, 0.2) is 5.96 Å². The molecule has 0 saturated carbocycles. The highest BCUT2D eigenvalue weighted by Gasteiger charge is 2.25. The number of thiophene rings is 1. The molecule has 1 aliphatic rings. The molecule has 28 heavy (non-hydrogen) atoms. The normalized spacial score (nSPS) is 16.5. The maximum atomic E-state index is 5.95. The van der Waals surface area contributed by atoms with Gasteiger partial charge in [0.1, 0.15) is 11.5 Å². The summed E-state index contributed by atoms with van der Waals surface area (Å²) >= 11 is 1.80. The Morgan fingerprint density at radius 1 is 1.32 bits per heavy atom. The molecular formula is C20H31IN4O2S. The van der Waals surface area contributed by atoms with Crippen molar-refractivity contribution in [3.05, 3.63) is 46.0 Å². The Bertz CT molecular complexity index is 714. The lowest BCUT2D eigenvalue weighted by atomic mass is 10.1. The number of hydrogen-bond donors (Lipinski definition) is 1. The first-order valence-electron chi connectivity index (χ1n) is 9.49. The standard InChI is InChI=1S/C20H30N4O2S.HI/c1-16-6-7-19(26-16)18(24-10-12-25-13-11-24)15-22-20(21-2)23(3)9-8-17-5-4-14-27-17;/h4-7,14,18H,8-13,15H2,1-3H3,(H,21,22);1H. The van der Waals surface area contributed by atoms with Crippen LogP contribution in [-0.4, -0.2) is 69.2 Å². The SMILES string of the molecule is CN=C(NCC(c1ccc(C)o1)N1CCOCC1)N(C)CCc1cccs1.I. The number of halogens is 1. The van der Waals surface area contributed by atoms with Crippen molar-refractivity contribution < 1.29 is 9.15 Å². The molecule has 2 aromatic heterocycles. The van der Waals surface area contributed by atoms with Crippen molar-refractivity contribution in [1.29, 1.82) is 0 Å². The van der Waals surface area contributed by atoms with E-state index >= 15 is 0 Å². The van der Waals surface area contributed by atoms with Crippen LogP contribution in [-0.2, 0) is 11.2 Å². The molecular weight excluding hydrogens is 487 g/mol. The number of morpholine rings is 1.